The Morgan fingerprint density at radius 2 is 1.91 bits per heavy atom. The van der Waals surface area contributed by atoms with Crippen molar-refractivity contribution in [1.29, 1.82) is 0 Å². The van der Waals surface area contributed by atoms with Crippen LogP contribution in [0.5, 0.6) is 0 Å². The van der Waals surface area contributed by atoms with Crippen LogP contribution < -0.4 is 0 Å². The van der Waals surface area contributed by atoms with Crippen LogP contribution in [0.3, 0.4) is 0 Å². The second-order valence-corrected chi connectivity index (χ2v) is 7.69. The summed E-state index contributed by atoms with van der Waals surface area (Å²) >= 11 is 0. The van der Waals surface area contributed by atoms with Crippen LogP contribution >= 0.6 is 0 Å². The van der Waals surface area contributed by atoms with Crippen LogP contribution in [0.2, 0.25) is 0 Å². The minimum atomic E-state index is -3.61. The van der Waals surface area contributed by atoms with Crippen LogP contribution in [-0.2, 0) is 10.0 Å². The van der Waals surface area contributed by atoms with E-state index in [1.54, 1.807) is 24.3 Å². The maximum Gasteiger partial charge on any atom is 0.243 e. The molecule has 1 aliphatic carbocycles. The third-order valence-corrected chi connectivity index (χ3v) is 5.62. The third-order valence-electron chi connectivity index (χ3n) is 3.77. The second kappa shape index (κ2) is 6.62. The lowest BCUT2D eigenvalue weighted by atomic mass is 10.2. The Labute approximate surface area is 132 Å². The second-order valence-electron chi connectivity index (χ2n) is 5.75. The first-order valence-electron chi connectivity index (χ1n) is 7.29. The molecule has 0 bridgehead atoms. The van der Waals surface area contributed by atoms with Gasteiger partial charge in [0.05, 0.1) is 11.4 Å². The number of rotatable bonds is 6. The van der Waals surface area contributed by atoms with Gasteiger partial charge in [-0.3, -0.25) is 0 Å². The van der Waals surface area contributed by atoms with E-state index in [4.69, 9.17) is 0 Å². The molecular weight excluding hydrogens is 300 g/mol. The van der Waals surface area contributed by atoms with Crippen LogP contribution in [0.4, 0.5) is 0 Å². The number of allylic oxidation sites excluding steroid dienone is 1. The summed E-state index contributed by atoms with van der Waals surface area (Å²) in [6.45, 7) is 4.38. The van der Waals surface area contributed by atoms with Crippen molar-refractivity contribution in [2.75, 3.05) is 20.1 Å². The van der Waals surface area contributed by atoms with E-state index in [0.29, 0.717) is 17.2 Å². The summed E-state index contributed by atoms with van der Waals surface area (Å²) in [7, 11) is -2.26. The van der Waals surface area contributed by atoms with E-state index in [-0.39, 0.29) is 11.4 Å². The van der Waals surface area contributed by atoms with Gasteiger partial charge in [-0.25, -0.2) is 13.2 Å². The smallest absolute Gasteiger partial charge is 0.243 e. The summed E-state index contributed by atoms with van der Waals surface area (Å²) in [5.74, 6) is 0.551. The number of benzene rings is 1. The molecule has 0 aliphatic heterocycles. The molecule has 0 spiro atoms. The molecule has 1 aliphatic rings. The minimum Gasteiger partial charge on any atom is -0.624 e. The van der Waals surface area contributed by atoms with Gasteiger partial charge in [-0.2, -0.15) is 4.31 Å². The lowest BCUT2D eigenvalue weighted by Gasteiger charge is -2.18. The van der Waals surface area contributed by atoms with Crippen molar-refractivity contribution < 1.29 is 13.2 Å². The Bertz CT molecular complexity index is 687. The molecule has 0 amide bonds. The summed E-state index contributed by atoms with van der Waals surface area (Å²) in [6.07, 6.45) is 4.30. The van der Waals surface area contributed by atoms with E-state index in [1.165, 1.54) is 23.1 Å². The molecule has 0 saturated heterocycles. The maximum atomic E-state index is 12.7. The summed E-state index contributed by atoms with van der Waals surface area (Å²) in [4.78, 5) is 0.252. The summed E-state index contributed by atoms with van der Waals surface area (Å²) < 4.78 is 27.4. The molecule has 0 aromatic heterocycles. The molecule has 0 unspecified atom stereocenters. The number of hydroxylamine groups is 1. The zero-order valence-corrected chi connectivity index (χ0v) is 14.0. The molecule has 1 aromatic rings. The third kappa shape index (κ3) is 4.18. The van der Waals surface area contributed by atoms with Crippen LogP contribution in [0.15, 0.2) is 40.8 Å². The molecule has 22 heavy (non-hydrogen) atoms. The Hall–Kier alpha value is -1.66. The van der Waals surface area contributed by atoms with Crippen molar-refractivity contribution in [1.82, 2.24) is 4.31 Å². The van der Waals surface area contributed by atoms with E-state index in [1.807, 2.05) is 13.0 Å². The standard InChI is InChI=1S/C16H22N2O3S/c1-13-4-6-16(7-5-13)22(20,21)18(11-10-17(3)19)9-8-15-12-14(15)2/h4-8,10,14H,9,11-12H2,1-3H3/b15-8+,17-10-/t14-/m0/s1. The van der Waals surface area contributed by atoms with Gasteiger partial charge in [-0.1, -0.05) is 36.3 Å². The highest BCUT2D eigenvalue weighted by Crippen LogP contribution is 2.36. The van der Waals surface area contributed by atoms with Gasteiger partial charge in [-0.15, -0.1) is 0 Å². The van der Waals surface area contributed by atoms with Gasteiger partial charge in [0.1, 0.15) is 7.05 Å². The van der Waals surface area contributed by atoms with Crippen LogP contribution in [0.25, 0.3) is 0 Å². The number of sulfonamides is 1. The predicted octanol–water partition coefficient (Wildman–Crippen LogP) is 2.16. The number of hydrogen-bond acceptors (Lipinski definition) is 3. The number of aryl methyl sites for hydroxylation is 1. The molecule has 1 aromatic carbocycles. The van der Waals surface area contributed by atoms with Gasteiger partial charge in [0.2, 0.25) is 10.0 Å². The lowest BCUT2D eigenvalue weighted by molar-refractivity contribution is -0.418. The van der Waals surface area contributed by atoms with Gasteiger partial charge < -0.3 is 5.21 Å². The highest BCUT2D eigenvalue weighted by Gasteiger charge is 2.27. The van der Waals surface area contributed by atoms with Crippen LogP contribution in [0, 0.1) is 18.0 Å². The first kappa shape index (κ1) is 16.7. The molecule has 5 nitrogen and oxygen atoms in total. The first-order chi connectivity index (χ1) is 10.3. The lowest BCUT2D eigenvalue weighted by Crippen LogP contribution is -2.34. The SMILES string of the molecule is Cc1ccc(S(=O)(=O)N(C/C=[N+](/C)[O-])C/C=C2\C[C@@H]2C)cc1. The monoisotopic (exact) mass is 322 g/mol. The highest BCUT2D eigenvalue weighted by atomic mass is 32.2. The van der Waals surface area contributed by atoms with Crippen molar-refractivity contribution in [3.05, 3.63) is 46.7 Å². The normalized spacial score (nSPS) is 20.6. The van der Waals surface area contributed by atoms with E-state index in [2.05, 4.69) is 6.92 Å². The van der Waals surface area contributed by atoms with E-state index in [9.17, 15) is 13.6 Å². The molecule has 120 valence electrons. The van der Waals surface area contributed by atoms with Crippen molar-refractivity contribution in [3.8, 4) is 0 Å². The Kier molecular flexibility index (Phi) is 5.03. The minimum absolute atomic E-state index is 0.0639. The molecule has 6 heteroatoms. The number of hydrogen-bond donors (Lipinski definition) is 0. The van der Waals surface area contributed by atoms with Crippen LogP contribution in [-0.4, -0.2) is 43.8 Å². The summed E-state index contributed by atoms with van der Waals surface area (Å²) in [5, 5.41) is 11.1. The quantitative estimate of drug-likeness (QED) is 0.265. The molecule has 2 rings (SSSR count). The number of nitrogens with zero attached hydrogens (tertiary/aromatic N) is 2. The van der Waals surface area contributed by atoms with Gasteiger partial charge in [0, 0.05) is 6.54 Å². The Morgan fingerprint density at radius 1 is 1.32 bits per heavy atom. The molecule has 1 atom stereocenters. The molecular formula is C16H22N2O3S. The fourth-order valence-corrected chi connectivity index (χ4v) is 3.45. The van der Waals surface area contributed by atoms with Gasteiger partial charge in [0.15, 0.2) is 6.21 Å². The van der Waals surface area contributed by atoms with Crippen molar-refractivity contribution in [2.45, 2.75) is 25.2 Å². The van der Waals surface area contributed by atoms with Crippen molar-refractivity contribution >= 4 is 16.2 Å². The van der Waals surface area contributed by atoms with Crippen molar-refractivity contribution in [2.24, 2.45) is 5.92 Å². The van der Waals surface area contributed by atoms with Gasteiger partial charge in [-0.05, 0) is 31.4 Å². The molecule has 0 N–H and O–H groups in total. The van der Waals surface area contributed by atoms with E-state index >= 15 is 0 Å². The largest absolute Gasteiger partial charge is 0.624 e. The maximum absolute atomic E-state index is 12.7. The zero-order chi connectivity index (χ0) is 16.3. The summed E-state index contributed by atoms with van der Waals surface area (Å²) in [6, 6.07) is 6.75. The zero-order valence-electron chi connectivity index (χ0n) is 13.2. The average molecular weight is 322 g/mol. The van der Waals surface area contributed by atoms with Gasteiger partial charge in [0.25, 0.3) is 0 Å². The molecule has 0 heterocycles. The van der Waals surface area contributed by atoms with Crippen molar-refractivity contribution in [3.63, 3.8) is 0 Å². The average Bonchev–Trinajstić information content (AvgIpc) is 3.14. The van der Waals surface area contributed by atoms with Crippen LogP contribution in [0.1, 0.15) is 18.9 Å². The molecule has 0 radical (unpaired) electrons. The fourth-order valence-electron chi connectivity index (χ4n) is 2.13. The fraction of sp³-hybridized carbons (Fsp3) is 0.438. The first-order valence-corrected chi connectivity index (χ1v) is 8.73. The molecule has 1 saturated carbocycles. The predicted molar refractivity (Wildman–Crippen MR) is 87.4 cm³/mol. The van der Waals surface area contributed by atoms with Gasteiger partial charge >= 0.3 is 0 Å². The molecule has 1 fully saturated rings. The highest BCUT2D eigenvalue weighted by molar-refractivity contribution is 7.89. The topological polar surface area (TPSA) is 63.5 Å². The Morgan fingerprint density at radius 3 is 2.41 bits per heavy atom. The van der Waals surface area contributed by atoms with E-state index in [0.717, 1.165) is 12.0 Å². The van der Waals surface area contributed by atoms with E-state index < -0.39 is 10.0 Å². The Balaban J connectivity index is 2.25. The summed E-state index contributed by atoms with van der Waals surface area (Å²) in [5.41, 5.74) is 2.28.